The van der Waals surface area contributed by atoms with Crippen molar-refractivity contribution in [1.82, 2.24) is 4.57 Å². The van der Waals surface area contributed by atoms with Crippen LogP contribution < -0.4 is 15.2 Å². The predicted molar refractivity (Wildman–Crippen MR) is 131 cm³/mol. The molecule has 0 unspecified atom stereocenters. The van der Waals surface area contributed by atoms with Crippen molar-refractivity contribution in [1.29, 1.82) is 0 Å². The predicted octanol–water partition coefficient (Wildman–Crippen LogP) is 5.16. The Balaban J connectivity index is 1.72. The van der Waals surface area contributed by atoms with Crippen molar-refractivity contribution < 1.29 is 14.3 Å². The van der Waals surface area contributed by atoms with Crippen molar-refractivity contribution >= 4 is 28.5 Å². The molecule has 0 aliphatic heterocycles. The van der Waals surface area contributed by atoms with Crippen molar-refractivity contribution in [2.45, 2.75) is 33.2 Å². The van der Waals surface area contributed by atoms with Gasteiger partial charge in [0, 0.05) is 17.3 Å². The average Bonchev–Trinajstić information content (AvgIpc) is 3.21. The lowest BCUT2D eigenvalue weighted by Crippen LogP contribution is -2.17. The molecule has 170 valence electrons. The molecule has 0 bridgehead atoms. The zero-order valence-electron chi connectivity index (χ0n) is 18.5. The number of rotatable bonds is 8. The Morgan fingerprint density at radius 1 is 1.18 bits per heavy atom. The number of hydrogen-bond donors (Lipinski definition) is 1. The second kappa shape index (κ2) is 10.3. The van der Waals surface area contributed by atoms with Crippen molar-refractivity contribution in [2.75, 3.05) is 6.61 Å². The smallest absolute Gasteiger partial charge is 0.345 e. The lowest BCUT2D eigenvalue weighted by atomic mass is 10.1. The summed E-state index contributed by atoms with van der Waals surface area (Å²) in [6, 6.07) is 14.4. The second-order valence-corrected chi connectivity index (χ2v) is 8.24. The summed E-state index contributed by atoms with van der Waals surface area (Å²) in [5.41, 5.74) is 2.22. The van der Waals surface area contributed by atoms with Gasteiger partial charge < -0.3 is 18.8 Å². The first-order valence-corrected chi connectivity index (χ1v) is 11.7. The molecule has 0 aliphatic rings. The number of phenols is 1. The van der Waals surface area contributed by atoms with Crippen LogP contribution in [0.5, 0.6) is 11.5 Å². The van der Waals surface area contributed by atoms with Gasteiger partial charge in [0.25, 0.3) is 0 Å². The molecule has 2 aromatic carbocycles. The number of unbranched alkanes of at least 4 members (excludes halogenated alkanes) is 1. The van der Waals surface area contributed by atoms with Crippen LogP contribution in [0.1, 0.15) is 32.3 Å². The molecule has 4 aromatic rings. The highest BCUT2D eigenvalue weighted by atomic mass is 32.1. The summed E-state index contributed by atoms with van der Waals surface area (Å²) in [5, 5.41) is 21.3. The summed E-state index contributed by atoms with van der Waals surface area (Å²) in [6.45, 7) is 5.14. The third-order valence-electron chi connectivity index (χ3n) is 5.08. The van der Waals surface area contributed by atoms with Gasteiger partial charge in [-0.25, -0.2) is 4.79 Å². The summed E-state index contributed by atoms with van der Waals surface area (Å²) < 4.78 is 13.0. The number of aromatic nitrogens is 1. The number of aromatic hydroxyl groups is 1. The van der Waals surface area contributed by atoms with E-state index < -0.39 is 0 Å². The van der Waals surface area contributed by atoms with Crippen molar-refractivity contribution in [2.24, 2.45) is 10.2 Å². The molecule has 0 radical (unpaired) electrons. The Kier molecular flexibility index (Phi) is 7.04. The molecule has 33 heavy (non-hydrogen) atoms. The molecule has 0 saturated heterocycles. The van der Waals surface area contributed by atoms with Gasteiger partial charge in [-0.15, -0.1) is 16.4 Å². The van der Waals surface area contributed by atoms with Gasteiger partial charge in [-0.1, -0.05) is 31.5 Å². The number of hydrogen-bond acceptors (Lipinski definition) is 7. The Morgan fingerprint density at radius 3 is 2.85 bits per heavy atom. The quantitative estimate of drug-likeness (QED) is 0.222. The van der Waals surface area contributed by atoms with Crippen LogP contribution in [-0.2, 0) is 6.54 Å². The SMILES string of the molecule is CCCCn1c(-c2cc3ccccc3oc2=O)cs/c1=N/N=C\c1ccc(O)c(OCC)c1. The molecule has 4 rings (SSSR count). The monoisotopic (exact) mass is 463 g/mol. The van der Waals surface area contributed by atoms with E-state index in [0.717, 1.165) is 29.5 Å². The van der Waals surface area contributed by atoms with E-state index in [1.54, 1.807) is 30.5 Å². The highest BCUT2D eigenvalue weighted by Crippen LogP contribution is 2.26. The maximum absolute atomic E-state index is 12.7. The van der Waals surface area contributed by atoms with Crippen LogP contribution >= 0.6 is 11.3 Å². The molecular weight excluding hydrogens is 438 g/mol. The van der Waals surface area contributed by atoms with Gasteiger partial charge in [0.05, 0.1) is 24.1 Å². The highest BCUT2D eigenvalue weighted by Gasteiger charge is 2.14. The van der Waals surface area contributed by atoms with Gasteiger partial charge in [-0.05, 0) is 49.2 Å². The molecule has 0 spiro atoms. The van der Waals surface area contributed by atoms with Gasteiger partial charge >= 0.3 is 5.63 Å². The van der Waals surface area contributed by atoms with Crippen LogP contribution in [0.15, 0.2) is 73.3 Å². The molecular formula is C25H25N3O4S. The van der Waals surface area contributed by atoms with E-state index in [0.29, 0.717) is 34.8 Å². The average molecular weight is 464 g/mol. The second-order valence-electron chi connectivity index (χ2n) is 7.40. The van der Waals surface area contributed by atoms with Crippen LogP contribution in [0.25, 0.3) is 22.2 Å². The summed E-state index contributed by atoms with van der Waals surface area (Å²) in [4.78, 5) is 13.4. The Labute approximate surface area is 194 Å². The first-order chi connectivity index (χ1) is 16.1. The number of phenolic OH excluding ortho intramolecular Hbond substituents is 1. The Morgan fingerprint density at radius 2 is 2.03 bits per heavy atom. The zero-order chi connectivity index (χ0) is 23.2. The largest absolute Gasteiger partial charge is 0.504 e. The summed E-state index contributed by atoms with van der Waals surface area (Å²) in [5.74, 6) is 0.487. The number of benzene rings is 2. The minimum absolute atomic E-state index is 0.0838. The van der Waals surface area contributed by atoms with Crippen LogP contribution in [0.2, 0.25) is 0 Å². The van der Waals surface area contributed by atoms with Crippen molar-refractivity contribution in [3.05, 3.63) is 74.7 Å². The Hall–Kier alpha value is -3.65. The fourth-order valence-electron chi connectivity index (χ4n) is 3.43. The number of thiazole rings is 1. The molecule has 0 amide bonds. The van der Waals surface area contributed by atoms with Crippen molar-refractivity contribution in [3.8, 4) is 22.8 Å². The minimum Gasteiger partial charge on any atom is -0.504 e. The normalized spacial score (nSPS) is 12.1. The lowest BCUT2D eigenvalue weighted by Gasteiger charge is -2.08. The fourth-order valence-corrected chi connectivity index (χ4v) is 4.31. The number of nitrogens with zero attached hydrogens (tertiary/aromatic N) is 3. The Bertz CT molecular complexity index is 1420. The summed E-state index contributed by atoms with van der Waals surface area (Å²) in [6.07, 6.45) is 3.55. The molecule has 0 saturated carbocycles. The number of ether oxygens (including phenoxy) is 1. The van der Waals surface area contributed by atoms with Crippen LogP contribution in [-0.4, -0.2) is 22.5 Å². The molecule has 2 heterocycles. The van der Waals surface area contributed by atoms with E-state index in [9.17, 15) is 9.90 Å². The van der Waals surface area contributed by atoms with Crippen molar-refractivity contribution in [3.63, 3.8) is 0 Å². The highest BCUT2D eigenvalue weighted by molar-refractivity contribution is 7.07. The molecule has 0 fully saturated rings. The van der Waals surface area contributed by atoms with Gasteiger partial charge in [-0.3, -0.25) is 0 Å². The van der Waals surface area contributed by atoms with Crippen LogP contribution in [0.4, 0.5) is 0 Å². The zero-order valence-corrected chi connectivity index (χ0v) is 19.3. The van der Waals surface area contributed by atoms with E-state index in [1.165, 1.54) is 11.3 Å². The van der Waals surface area contributed by atoms with E-state index in [4.69, 9.17) is 9.15 Å². The first-order valence-electron chi connectivity index (χ1n) is 10.8. The van der Waals surface area contributed by atoms with Crippen LogP contribution in [0.3, 0.4) is 0 Å². The third kappa shape index (κ3) is 5.06. The van der Waals surface area contributed by atoms with Crippen LogP contribution in [0, 0.1) is 0 Å². The minimum atomic E-state index is -0.376. The third-order valence-corrected chi connectivity index (χ3v) is 5.94. The topological polar surface area (TPSA) is 89.3 Å². The molecule has 2 aromatic heterocycles. The molecule has 0 atom stereocenters. The van der Waals surface area contributed by atoms with Gasteiger partial charge in [0.2, 0.25) is 4.80 Å². The molecule has 7 nitrogen and oxygen atoms in total. The standard InChI is InChI=1S/C25H25N3O4S/c1-3-5-12-28-20(19-14-18-8-6-7-9-22(18)32-24(19)30)16-33-25(28)27-26-15-17-10-11-21(29)23(13-17)31-4-2/h6-11,13-16,29H,3-5,12H2,1-2H3/b26-15-,27-25+. The molecule has 8 heteroatoms. The molecule has 0 aliphatic carbocycles. The van der Waals surface area contributed by atoms with Gasteiger partial charge in [0.1, 0.15) is 5.58 Å². The fraction of sp³-hybridized carbons (Fsp3) is 0.240. The first kappa shape index (κ1) is 22.5. The maximum atomic E-state index is 12.7. The van der Waals surface area contributed by atoms with Gasteiger partial charge in [0.15, 0.2) is 11.5 Å². The number of fused-ring (bicyclic) bond motifs is 1. The number of para-hydroxylation sites is 1. The van der Waals surface area contributed by atoms with E-state index >= 15 is 0 Å². The van der Waals surface area contributed by atoms with Gasteiger partial charge in [-0.2, -0.15) is 5.10 Å². The van der Waals surface area contributed by atoms with E-state index in [-0.39, 0.29) is 11.4 Å². The lowest BCUT2D eigenvalue weighted by molar-refractivity contribution is 0.318. The van der Waals surface area contributed by atoms with E-state index in [2.05, 4.69) is 17.1 Å². The summed E-state index contributed by atoms with van der Waals surface area (Å²) in [7, 11) is 0. The van der Waals surface area contributed by atoms with E-state index in [1.807, 2.05) is 41.1 Å². The maximum Gasteiger partial charge on any atom is 0.345 e. The summed E-state index contributed by atoms with van der Waals surface area (Å²) >= 11 is 1.42. The molecule has 1 N–H and O–H groups in total.